The second-order valence-electron chi connectivity index (χ2n) is 7.25. The number of piperidine rings is 3. The Labute approximate surface area is 169 Å². The highest BCUT2D eigenvalue weighted by molar-refractivity contribution is 6.31. The number of nitrogens with zero attached hydrogens (tertiary/aromatic N) is 1. The molecule has 2 bridgehead atoms. The van der Waals surface area contributed by atoms with Crippen LogP contribution >= 0.6 is 23.2 Å². The molecule has 3 saturated heterocycles. The van der Waals surface area contributed by atoms with Gasteiger partial charge in [0.15, 0.2) is 6.10 Å². The molecule has 2 unspecified atom stereocenters. The van der Waals surface area contributed by atoms with Crippen LogP contribution in [0.1, 0.15) is 30.1 Å². The fraction of sp³-hybridized carbons (Fsp3) is 0.381. The lowest BCUT2D eigenvalue weighted by Crippen LogP contribution is -2.57. The average Bonchev–Trinajstić information content (AvgIpc) is 2.68. The van der Waals surface area contributed by atoms with Crippen molar-refractivity contribution in [1.29, 1.82) is 0 Å². The van der Waals surface area contributed by atoms with Crippen molar-refractivity contribution in [3.05, 3.63) is 69.7 Å². The number of halogens is 2. The van der Waals surface area contributed by atoms with Gasteiger partial charge in [-0.15, -0.1) is 0 Å². The summed E-state index contributed by atoms with van der Waals surface area (Å²) in [6.45, 7) is 3.16. The Kier molecular flexibility index (Phi) is 5.58. The fourth-order valence-corrected chi connectivity index (χ4v) is 4.42. The maximum atomic E-state index is 12.7. The predicted molar refractivity (Wildman–Crippen MR) is 107 cm³/mol. The summed E-state index contributed by atoms with van der Waals surface area (Å²) in [7, 11) is 0. The summed E-state index contributed by atoms with van der Waals surface area (Å²) in [6, 6.07) is 14.9. The molecule has 0 aliphatic carbocycles. The monoisotopic (exact) mass is 404 g/mol. The molecule has 142 valence electrons. The standard InChI is InChI=1S/C21H22Cl2N2O2/c22-16-7-5-15(6-8-16)20(17-3-1-2-4-18(17)23)27-21(26)24-19-13-25-11-9-14(19)10-12-25/h1-8,14,19-20H,9-13H2,(H,24,26). The van der Waals surface area contributed by atoms with Crippen LogP contribution in [-0.4, -0.2) is 36.7 Å². The van der Waals surface area contributed by atoms with Crippen LogP contribution in [-0.2, 0) is 4.74 Å². The minimum atomic E-state index is -0.586. The Bertz CT molecular complexity index is 804. The number of ether oxygens (including phenoxy) is 1. The van der Waals surface area contributed by atoms with Crippen molar-refractivity contribution in [2.75, 3.05) is 19.6 Å². The molecule has 2 aromatic rings. The molecule has 3 heterocycles. The molecule has 1 amide bonds. The fourth-order valence-electron chi connectivity index (χ4n) is 4.06. The van der Waals surface area contributed by atoms with Gasteiger partial charge in [-0.05, 0) is 55.6 Å². The van der Waals surface area contributed by atoms with E-state index in [4.69, 9.17) is 27.9 Å². The van der Waals surface area contributed by atoms with Gasteiger partial charge >= 0.3 is 6.09 Å². The zero-order valence-electron chi connectivity index (χ0n) is 14.9. The van der Waals surface area contributed by atoms with Gasteiger partial charge in [-0.2, -0.15) is 0 Å². The molecule has 0 saturated carbocycles. The first-order valence-electron chi connectivity index (χ1n) is 9.29. The lowest BCUT2D eigenvalue weighted by Gasteiger charge is -2.44. The number of nitrogens with one attached hydrogen (secondary N) is 1. The minimum absolute atomic E-state index is 0.150. The highest BCUT2D eigenvalue weighted by atomic mass is 35.5. The van der Waals surface area contributed by atoms with Crippen LogP contribution in [0, 0.1) is 5.92 Å². The van der Waals surface area contributed by atoms with Crippen molar-refractivity contribution in [1.82, 2.24) is 10.2 Å². The van der Waals surface area contributed by atoms with Crippen molar-refractivity contribution in [3.63, 3.8) is 0 Å². The number of rotatable bonds is 4. The molecule has 2 aromatic carbocycles. The van der Waals surface area contributed by atoms with Gasteiger partial charge < -0.3 is 15.0 Å². The van der Waals surface area contributed by atoms with Gasteiger partial charge in [0.1, 0.15) is 0 Å². The maximum Gasteiger partial charge on any atom is 0.408 e. The van der Waals surface area contributed by atoms with Crippen LogP contribution in [0.4, 0.5) is 4.79 Å². The first-order chi connectivity index (χ1) is 13.1. The zero-order valence-corrected chi connectivity index (χ0v) is 16.4. The summed E-state index contributed by atoms with van der Waals surface area (Å²) < 4.78 is 5.86. The molecule has 3 aliphatic rings. The Morgan fingerprint density at radius 3 is 2.41 bits per heavy atom. The Hall–Kier alpha value is -1.75. The van der Waals surface area contributed by atoms with E-state index in [1.807, 2.05) is 30.3 Å². The number of amides is 1. The molecule has 1 N–H and O–H groups in total. The SMILES string of the molecule is O=C(NC1CN2CCC1CC2)OC(c1ccc(Cl)cc1)c1ccccc1Cl. The van der Waals surface area contributed by atoms with Gasteiger partial charge in [-0.3, -0.25) is 0 Å². The van der Waals surface area contributed by atoms with Crippen LogP contribution in [0.15, 0.2) is 48.5 Å². The topological polar surface area (TPSA) is 41.6 Å². The Morgan fingerprint density at radius 1 is 1.07 bits per heavy atom. The molecule has 2 atom stereocenters. The third-order valence-electron chi connectivity index (χ3n) is 5.54. The predicted octanol–water partition coefficient (Wildman–Crippen LogP) is 4.90. The molecule has 0 spiro atoms. The minimum Gasteiger partial charge on any atom is -0.436 e. The number of carbonyl (C=O) groups excluding carboxylic acids is 1. The summed E-state index contributed by atoms with van der Waals surface area (Å²) in [5, 5.41) is 4.27. The second kappa shape index (κ2) is 8.09. The molecule has 6 heteroatoms. The van der Waals surface area contributed by atoms with Gasteiger partial charge in [0, 0.05) is 28.2 Å². The van der Waals surface area contributed by atoms with Crippen molar-refractivity contribution < 1.29 is 9.53 Å². The molecular weight excluding hydrogens is 383 g/mol. The Balaban J connectivity index is 1.53. The van der Waals surface area contributed by atoms with Gasteiger partial charge in [0.05, 0.1) is 0 Å². The highest BCUT2D eigenvalue weighted by Gasteiger charge is 2.35. The van der Waals surface area contributed by atoms with Crippen LogP contribution in [0.3, 0.4) is 0 Å². The highest BCUT2D eigenvalue weighted by Crippen LogP contribution is 2.33. The quantitative estimate of drug-likeness (QED) is 0.787. The summed E-state index contributed by atoms with van der Waals surface area (Å²) in [4.78, 5) is 15.1. The van der Waals surface area contributed by atoms with Crippen molar-refractivity contribution in [3.8, 4) is 0 Å². The third-order valence-corrected chi connectivity index (χ3v) is 6.14. The van der Waals surface area contributed by atoms with E-state index in [1.165, 1.54) is 0 Å². The van der Waals surface area contributed by atoms with Gasteiger partial charge in [-0.1, -0.05) is 53.5 Å². The number of carbonyl (C=O) groups is 1. The van der Waals surface area contributed by atoms with E-state index in [-0.39, 0.29) is 6.04 Å². The summed E-state index contributed by atoms with van der Waals surface area (Å²) in [6.07, 6.45) is 1.28. The van der Waals surface area contributed by atoms with Crippen LogP contribution in [0.25, 0.3) is 0 Å². The molecule has 0 radical (unpaired) electrons. The van der Waals surface area contributed by atoms with Crippen molar-refractivity contribution >= 4 is 29.3 Å². The molecular formula is C21H22Cl2N2O2. The lowest BCUT2D eigenvalue weighted by molar-refractivity contribution is 0.0593. The van der Waals surface area contributed by atoms with Gasteiger partial charge in [0.25, 0.3) is 0 Å². The van der Waals surface area contributed by atoms with Crippen molar-refractivity contribution in [2.24, 2.45) is 5.92 Å². The van der Waals surface area contributed by atoms with E-state index in [9.17, 15) is 4.79 Å². The first-order valence-corrected chi connectivity index (χ1v) is 10.0. The smallest absolute Gasteiger partial charge is 0.408 e. The largest absolute Gasteiger partial charge is 0.436 e. The van der Waals surface area contributed by atoms with E-state index < -0.39 is 12.2 Å². The van der Waals surface area contributed by atoms with E-state index in [0.717, 1.165) is 43.6 Å². The van der Waals surface area contributed by atoms with E-state index in [2.05, 4.69) is 10.2 Å². The number of alkyl carbamates (subject to hydrolysis) is 1. The van der Waals surface area contributed by atoms with Crippen LogP contribution in [0.5, 0.6) is 0 Å². The number of hydrogen-bond acceptors (Lipinski definition) is 3. The first kappa shape index (κ1) is 18.6. The third kappa shape index (κ3) is 4.23. The van der Waals surface area contributed by atoms with Crippen molar-refractivity contribution in [2.45, 2.75) is 25.0 Å². The number of fused-ring (bicyclic) bond motifs is 3. The van der Waals surface area contributed by atoms with E-state index in [0.29, 0.717) is 16.0 Å². The average molecular weight is 405 g/mol. The maximum absolute atomic E-state index is 12.7. The summed E-state index contributed by atoms with van der Waals surface area (Å²) in [5.74, 6) is 0.539. The van der Waals surface area contributed by atoms with Crippen LogP contribution < -0.4 is 5.32 Å². The van der Waals surface area contributed by atoms with Crippen LogP contribution in [0.2, 0.25) is 10.0 Å². The Morgan fingerprint density at radius 2 is 1.78 bits per heavy atom. The molecule has 0 aromatic heterocycles. The zero-order chi connectivity index (χ0) is 18.8. The number of hydrogen-bond donors (Lipinski definition) is 1. The molecule has 27 heavy (non-hydrogen) atoms. The summed E-state index contributed by atoms with van der Waals surface area (Å²) >= 11 is 12.4. The van der Waals surface area contributed by atoms with E-state index >= 15 is 0 Å². The summed E-state index contributed by atoms with van der Waals surface area (Å²) in [5.41, 5.74) is 1.59. The molecule has 3 fully saturated rings. The lowest BCUT2D eigenvalue weighted by atomic mass is 9.84. The van der Waals surface area contributed by atoms with Gasteiger partial charge in [-0.25, -0.2) is 4.79 Å². The van der Waals surface area contributed by atoms with Gasteiger partial charge in [0.2, 0.25) is 0 Å². The second-order valence-corrected chi connectivity index (χ2v) is 8.09. The molecule has 4 nitrogen and oxygen atoms in total. The molecule has 5 rings (SSSR count). The molecule has 3 aliphatic heterocycles. The van der Waals surface area contributed by atoms with E-state index in [1.54, 1.807) is 18.2 Å². The number of benzene rings is 2. The normalized spacial score (nSPS) is 25.0.